The van der Waals surface area contributed by atoms with Crippen molar-refractivity contribution in [1.82, 2.24) is 15.1 Å². The number of amides is 2. The molecule has 1 atom stereocenters. The van der Waals surface area contributed by atoms with E-state index in [1.54, 1.807) is 4.90 Å². The van der Waals surface area contributed by atoms with E-state index in [0.717, 1.165) is 30.9 Å². The van der Waals surface area contributed by atoms with Gasteiger partial charge in [-0.25, -0.2) is 0 Å². The molecule has 2 aliphatic heterocycles. The van der Waals surface area contributed by atoms with Gasteiger partial charge in [-0.2, -0.15) is 0 Å². The Kier molecular flexibility index (Phi) is 4.95. The van der Waals surface area contributed by atoms with Crippen LogP contribution in [0.15, 0.2) is 24.3 Å². The zero-order chi connectivity index (χ0) is 19.0. The molecule has 1 fully saturated rings. The molecule has 2 amide bonds. The van der Waals surface area contributed by atoms with Gasteiger partial charge in [0, 0.05) is 32.0 Å². The maximum atomic E-state index is 13.1. The number of hydrogen-bond donors (Lipinski definition) is 0. The number of fused-ring (bicyclic) bond motifs is 1. The highest BCUT2D eigenvalue weighted by molar-refractivity contribution is 7.15. The van der Waals surface area contributed by atoms with Crippen LogP contribution < -0.4 is 4.90 Å². The van der Waals surface area contributed by atoms with Crippen molar-refractivity contribution >= 4 is 28.3 Å². The Bertz CT molecular complexity index is 836. The summed E-state index contributed by atoms with van der Waals surface area (Å²) in [6, 6.07) is 8.40. The minimum Gasteiger partial charge on any atom is -0.342 e. The molecule has 1 aromatic heterocycles. The van der Waals surface area contributed by atoms with Gasteiger partial charge in [0.05, 0.1) is 5.92 Å². The van der Waals surface area contributed by atoms with Crippen molar-refractivity contribution in [3.63, 3.8) is 0 Å². The summed E-state index contributed by atoms with van der Waals surface area (Å²) in [7, 11) is 0. The molecule has 4 rings (SSSR count). The zero-order valence-electron chi connectivity index (χ0n) is 15.7. The van der Waals surface area contributed by atoms with Gasteiger partial charge in [0.1, 0.15) is 5.01 Å². The Morgan fingerprint density at radius 2 is 1.81 bits per heavy atom. The summed E-state index contributed by atoms with van der Waals surface area (Å²) in [6.07, 6.45) is 2.01. The van der Waals surface area contributed by atoms with Crippen molar-refractivity contribution in [1.29, 1.82) is 0 Å². The molecule has 142 valence electrons. The summed E-state index contributed by atoms with van der Waals surface area (Å²) < 4.78 is 0. The van der Waals surface area contributed by atoms with E-state index < -0.39 is 0 Å². The van der Waals surface area contributed by atoms with E-state index in [-0.39, 0.29) is 30.1 Å². The highest BCUT2D eigenvalue weighted by Crippen LogP contribution is 2.31. The Hall–Kier alpha value is -2.28. The fourth-order valence-corrected chi connectivity index (χ4v) is 4.65. The third kappa shape index (κ3) is 3.60. The average Bonchev–Trinajstić information content (AvgIpc) is 3.23. The van der Waals surface area contributed by atoms with E-state index >= 15 is 0 Å². The van der Waals surface area contributed by atoms with Crippen molar-refractivity contribution in [2.45, 2.75) is 39.0 Å². The normalized spacial score (nSPS) is 20.1. The Balaban J connectivity index is 1.43. The van der Waals surface area contributed by atoms with Crippen LogP contribution in [0.4, 0.5) is 5.13 Å². The van der Waals surface area contributed by atoms with Gasteiger partial charge in [0.15, 0.2) is 0 Å². The van der Waals surface area contributed by atoms with Crippen LogP contribution in [0.3, 0.4) is 0 Å². The quantitative estimate of drug-likeness (QED) is 0.816. The third-order valence-corrected chi connectivity index (χ3v) is 6.61. The number of carbonyl (C=O) groups is 2. The Labute approximate surface area is 163 Å². The third-order valence-electron chi connectivity index (χ3n) is 5.36. The molecule has 2 aliphatic rings. The van der Waals surface area contributed by atoms with Crippen molar-refractivity contribution < 1.29 is 9.59 Å². The largest absolute Gasteiger partial charge is 0.342 e. The molecular weight excluding hydrogens is 360 g/mol. The van der Waals surface area contributed by atoms with E-state index in [9.17, 15) is 9.59 Å². The molecule has 2 aromatic rings. The van der Waals surface area contributed by atoms with Gasteiger partial charge >= 0.3 is 0 Å². The minimum absolute atomic E-state index is 0.0297. The molecule has 0 N–H and O–H groups in total. The summed E-state index contributed by atoms with van der Waals surface area (Å²) in [6.45, 7) is 5.96. The van der Waals surface area contributed by atoms with E-state index in [2.05, 4.69) is 48.3 Å². The maximum absolute atomic E-state index is 13.1. The summed E-state index contributed by atoms with van der Waals surface area (Å²) in [5.74, 6) is 0.0559. The van der Waals surface area contributed by atoms with Gasteiger partial charge in [-0.1, -0.05) is 49.4 Å². The van der Waals surface area contributed by atoms with Crippen LogP contribution in [0, 0.1) is 5.92 Å². The number of carbonyl (C=O) groups excluding carboxylic acids is 2. The second-order valence-corrected chi connectivity index (χ2v) is 8.56. The number of benzene rings is 1. The van der Waals surface area contributed by atoms with Crippen LogP contribution in [-0.2, 0) is 22.4 Å². The molecule has 0 spiro atoms. The van der Waals surface area contributed by atoms with Gasteiger partial charge < -0.3 is 4.90 Å². The van der Waals surface area contributed by atoms with Crippen LogP contribution in [0.25, 0.3) is 0 Å². The SMILES string of the molecule is CC(C)c1nnc(N2CC(C(=O)N3CCc4ccccc4CC3)CC2=O)s1. The summed E-state index contributed by atoms with van der Waals surface area (Å²) in [5.41, 5.74) is 2.65. The lowest BCUT2D eigenvalue weighted by Gasteiger charge is -2.23. The first kappa shape index (κ1) is 18.1. The molecule has 6 nitrogen and oxygen atoms in total. The van der Waals surface area contributed by atoms with Crippen molar-refractivity contribution in [2.24, 2.45) is 5.92 Å². The monoisotopic (exact) mass is 384 g/mol. The summed E-state index contributed by atoms with van der Waals surface area (Å²) in [5, 5.41) is 9.86. The smallest absolute Gasteiger partial charge is 0.229 e. The lowest BCUT2D eigenvalue weighted by atomic mass is 10.0. The first-order valence-electron chi connectivity index (χ1n) is 9.52. The molecule has 0 radical (unpaired) electrons. The van der Waals surface area contributed by atoms with Crippen molar-refractivity contribution in [3.05, 3.63) is 40.4 Å². The molecule has 0 bridgehead atoms. The zero-order valence-corrected chi connectivity index (χ0v) is 16.5. The topological polar surface area (TPSA) is 66.4 Å². The van der Waals surface area contributed by atoms with Crippen molar-refractivity contribution in [3.8, 4) is 0 Å². The molecule has 7 heteroatoms. The highest BCUT2D eigenvalue weighted by Gasteiger charge is 2.38. The molecule has 27 heavy (non-hydrogen) atoms. The second-order valence-electron chi connectivity index (χ2n) is 7.58. The van der Waals surface area contributed by atoms with E-state index in [1.165, 1.54) is 22.5 Å². The van der Waals surface area contributed by atoms with Crippen LogP contribution in [0.5, 0.6) is 0 Å². The molecule has 1 saturated heterocycles. The van der Waals surface area contributed by atoms with Gasteiger partial charge in [0.2, 0.25) is 16.9 Å². The number of aromatic nitrogens is 2. The standard InChI is InChI=1S/C20H24N4O2S/c1-13(2)18-21-22-20(27-18)24-12-16(11-17(24)25)19(26)23-9-7-14-5-3-4-6-15(14)8-10-23/h3-6,13,16H,7-12H2,1-2H3. The molecule has 1 aromatic carbocycles. The van der Waals surface area contributed by atoms with Gasteiger partial charge in [-0.15, -0.1) is 10.2 Å². The van der Waals surface area contributed by atoms with Crippen LogP contribution in [0.1, 0.15) is 42.3 Å². The van der Waals surface area contributed by atoms with Crippen LogP contribution in [0.2, 0.25) is 0 Å². The van der Waals surface area contributed by atoms with Gasteiger partial charge in [0.25, 0.3) is 0 Å². The summed E-state index contributed by atoms with van der Waals surface area (Å²) >= 11 is 1.44. The van der Waals surface area contributed by atoms with Gasteiger partial charge in [-0.05, 0) is 24.0 Å². The fourth-order valence-electron chi connectivity index (χ4n) is 3.77. The van der Waals surface area contributed by atoms with Crippen molar-refractivity contribution in [2.75, 3.05) is 24.5 Å². The van der Waals surface area contributed by atoms with E-state index in [1.807, 2.05) is 4.90 Å². The first-order chi connectivity index (χ1) is 13.0. The number of nitrogens with zero attached hydrogens (tertiary/aromatic N) is 4. The molecule has 0 saturated carbocycles. The number of rotatable bonds is 3. The van der Waals surface area contributed by atoms with Gasteiger partial charge in [-0.3, -0.25) is 14.5 Å². The predicted octanol–water partition coefficient (Wildman–Crippen LogP) is 2.64. The lowest BCUT2D eigenvalue weighted by molar-refractivity contribution is -0.135. The predicted molar refractivity (Wildman–Crippen MR) is 105 cm³/mol. The maximum Gasteiger partial charge on any atom is 0.229 e. The van der Waals surface area contributed by atoms with Crippen LogP contribution >= 0.6 is 11.3 Å². The number of anilines is 1. The lowest BCUT2D eigenvalue weighted by Crippen LogP contribution is -2.39. The Morgan fingerprint density at radius 3 is 2.41 bits per heavy atom. The number of hydrogen-bond acceptors (Lipinski definition) is 5. The Morgan fingerprint density at radius 1 is 1.15 bits per heavy atom. The highest BCUT2D eigenvalue weighted by atomic mass is 32.1. The van der Waals surface area contributed by atoms with Crippen LogP contribution in [-0.4, -0.2) is 46.5 Å². The fraction of sp³-hybridized carbons (Fsp3) is 0.500. The average molecular weight is 385 g/mol. The second kappa shape index (κ2) is 7.38. The minimum atomic E-state index is -0.287. The molecular formula is C20H24N4O2S. The van der Waals surface area contributed by atoms with E-state index in [0.29, 0.717) is 11.7 Å². The first-order valence-corrected chi connectivity index (χ1v) is 10.3. The van der Waals surface area contributed by atoms with E-state index in [4.69, 9.17) is 0 Å². The summed E-state index contributed by atoms with van der Waals surface area (Å²) in [4.78, 5) is 29.1. The molecule has 0 aliphatic carbocycles. The molecule has 1 unspecified atom stereocenters. The molecule has 3 heterocycles.